The normalized spacial score (nSPS) is 10.6. The number of anilines is 1. The molecule has 0 atom stereocenters. The van der Waals surface area contributed by atoms with Crippen LogP contribution in [0.2, 0.25) is 0 Å². The SMILES string of the molecule is CCOC(=O)c1c(NC(=O)CSc2nc(-c3ccccc3)cs2)oc(C)c1C(C)=O. The molecule has 0 aliphatic carbocycles. The largest absolute Gasteiger partial charge is 0.462 e. The van der Waals surface area contributed by atoms with Crippen LogP contribution in [0, 0.1) is 6.92 Å². The number of thioether (sulfide) groups is 1. The zero-order chi connectivity index (χ0) is 21.7. The number of carbonyl (C=O) groups excluding carboxylic acids is 3. The first-order chi connectivity index (χ1) is 14.4. The minimum Gasteiger partial charge on any atom is -0.462 e. The maximum absolute atomic E-state index is 12.4. The first-order valence-electron chi connectivity index (χ1n) is 9.15. The van der Waals surface area contributed by atoms with Crippen molar-refractivity contribution in [1.82, 2.24) is 4.98 Å². The Morgan fingerprint density at radius 1 is 1.20 bits per heavy atom. The van der Waals surface area contributed by atoms with Crippen LogP contribution in [0.15, 0.2) is 44.5 Å². The fraction of sp³-hybridized carbons (Fsp3) is 0.238. The summed E-state index contributed by atoms with van der Waals surface area (Å²) in [5, 5.41) is 4.51. The third-order valence-electron chi connectivity index (χ3n) is 4.05. The molecule has 2 heterocycles. The summed E-state index contributed by atoms with van der Waals surface area (Å²) in [4.78, 5) is 41.2. The average molecular weight is 445 g/mol. The predicted molar refractivity (Wildman–Crippen MR) is 116 cm³/mol. The van der Waals surface area contributed by atoms with Crippen LogP contribution in [0.4, 0.5) is 5.88 Å². The summed E-state index contributed by atoms with van der Waals surface area (Å²) >= 11 is 2.72. The van der Waals surface area contributed by atoms with Crippen molar-refractivity contribution in [3.8, 4) is 11.3 Å². The number of nitrogens with one attached hydrogen (secondary N) is 1. The summed E-state index contributed by atoms with van der Waals surface area (Å²) in [5.41, 5.74) is 1.91. The molecule has 3 aromatic rings. The quantitative estimate of drug-likeness (QED) is 0.302. The van der Waals surface area contributed by atoms with Gasteiger partial charge >= 0.3 is 5.97 Å². The van der Waals surface area contributed by atoms with E-state index in [1.54, 1.807) is 13.8 Å². The number of furan rings is 1. The van der Waals surface area contributed by atoms with Gasteiger partial charge in [0.2, 0.25) is 11.8 Å². The van der Waals surface area contributed by atoms with Crippen LogP contribution >= 0.6 is 23.1 Å². The molecule has 0 spiro atoms. The van der Waals surface area contributed by atoms with Gasteiger partial charge in [-0.3, -0.25) is 14.9 Å². The van der Waals surface area contributed by atoms with E-state index in [1.807, 2.05) is 35.7 Å². The zero-order valence-electron chi connectivity index (χ0n) is 16.7. The molecule has 0 saturated carbocycles. The van der Waals surface area contributed by atoms with Gasteiger partial charge in [0.25, 0.3) is 0 Å². The van der Waals surface area contributed by atoms with Crippen LogP contribution < -0.4 is 5.32 Å². The molecule has 7 nitrogen and oxygen atoms in total. The van der Waals surface area contributed by atoms with Crippen molar-refractivity contribution in [2.24, 2.45) is 0 Å². The Morgan fingerprint density at radius 2 is 1.93 bits per heavy atom. The van der Waals surface area contributed by atoms with Gasteiger partial charge in [0, 0.05) is 10.9 Å². The molecule has 1 aromatic carbocycles. The number of nitrogens with zero attached hydrogens (tertiary/aromatic N) is 1. The number of aromatic nitrogens is 1. The van der Waals surface area contributed by atoms with Crippen molar-refractivity contribution < 1.29 is 23.5 Å². The van der Waals surface area contributed by atoms with Gasteiger partial charge in [-0.15, -0.1) is 11.3 Å². The van der Waals surface area contributed by atoms with Crippen molar-refractivity contribution in [2.45, 2.75) is 25.1 Å². The average Bonchev–Trinajstić information content (AvgIpc) is 3.31. The lowest BCUT2D eigenvalue weighted by atomic mass is 10.1. The Morgan fingerprint density at radius 3 is 2.60 bits per heavy atom. The molecule has 2 aromatic heterocycles. The van der Waals surface area contributed by atoms with Crippen LogP contribution in [0.5, 0.6) is 0 Å². The maximum Gasteiger partial charge on any atom is 0.344 e. The highest BCUT2D eigenvalue weighted by atomic mass is 32.2. The minimum absolute atomic E-state index is 0.0548. The van der Waals surface area contributed by atoms with E-state index in [2.05, 4.69) is 10.3 Å². The minimum atomic E-state index is -0.713. The number of aryl methyl sites for hydroxylation is 1. The second-order valence-corrected chi connectivity index (χ2v) is 8.30. The van der Waals surface area contributed by atoms with Gasteiger partial charge in [0.1, 0.15) is 11.3 Å². The van der Waals surface area contributed by atoms with Crippen molar-refractivity contribution in [2.75, 3.05) is 17.7 Å². The Labute approximate surface area is 181 Å². The number of hydrogen-bond donors (Lipinski definition) is 1. The third kappa shape index (κ3) is 4.98. The Kier molecular flexibility index (Phi) is 7.07. The highest BCUT2D eigenvalue weighted by Gasteiger charge is 2.28. The number of thiazole rings is 1. The van der Waals surface area contributed by atoms with E-state index in [1.165, 1.54) is 30.0 Å². The van der Waals surface area contributed by atoms with Crippen LogP contribution in [0.3, 0.4) is 0 Å². The fourth-order valence-electron chi connectivity index (χ4n) is 2.81. The second kappa shape index (κ2) is 9.73. The van der Waals surface area contributed by atoms with E-state index in [0.29, 0.717) is 0 Å². The molecule has 0 aliphatic heterocycles. The lowest BCUT2D eigenvalue weighted by molar-refractivity contribution is -0.113. The van der Waals surface area contributed by atoms with Crippen LogP contribution in [0.25, 0.3) is 11.3 Å². The summed E-state index contributed by atoms with van der Waals surface area (Å²) in [7, 11) is 0. The molecule has 3 rings (SSSR count). The summed E-state index contributed by atoms with van der Waals surface area (Å²) in [5.74, 6) is -1.20. The van der Waals surface area contributed by atoms with Crippen molar-refractivity contribution in [1.29, 1.82) is 0 Å². The summed E-state index contributed by atoms with van der Waals surface area (Å²) in [6, 6.07) is 9.76. The lowest BCUT2D eigenvalue weighted by Crippen LogP contribution is -2.17. The first-order valence-corrected chi connectivity index (χ1v) is 11.0. The zero-order valence-corrected chi connectivity index (χ0v) is 18.3. The van der Waals surface area contributed by atoms with Gasteiger partial charge in [-0.2, -0.15) is 0 Å². The monoisotopic (exact) mass is 444 g/mol. The van der Waals surface area contributed by atoms with Gasteiger partial charge in [-0.25, -0.2) is 9.78 Å². The van der Waals surface area contributed by atoms with Crippen molar-refractivity contribution >= 4 is 46.6 Å². The van der Waals surface area contributed by atoms with Gasteiger partial charge < -0.3 is 9.15 Å². The topological polar surface area (TPSA) is 98.5 Å². The third-order valence-corrected chi connectivity index (χ3v) is 6.07. The standard InChI is InChI=1S/C21H20N2O5S2/c1-4-27-20(26)18-17(12(2)24)13(3)28-19(18)23-16(25)11-30-21-22-15(10-29-21)14-8-6-5-7-9-14/h5-10H,4,11H2,1-3H3,(H,23,25). The number of rotatable bonds is 8. The molecule has 0 radical (unpaired) electrons. The molecule has 0 fully saturated rings. The van der Waals surface area contributed by atoms with Gasteiger partial charge in [-0.1, -0.05) is 42.1 Å². The van der Waals surface area contributed by atoms with E-state index in [0.717, 1.165) is 15.6 Å². The predicted octanol–water partition coefficient (Wildman–Crippen LogP) is 4.82. The maximum atomic E-state index is 12.4. The second-order valence-electron chi connectivity index (χ2n) is 6.22. The number of benzene rings is 1. The molecular weight excluding hydrogens is 424 g/mol. The van der Waals surface area contributed by atoms with E-state index < -0.39 is 5.97 Å². The Balaban J connectivity index is 1.69. The number of esters is 1. The van der Waals surface area contributed by atoms with Crippen LogP contribution in [-0.4, -0.2) is 35.0 Å². The Bertz CT molecular complexity index is 1070. The van der Waals surface area contributed by atoms with E-state index in [4.69, 9.17) is 9.15 Å². The molecule has 9 heteroatoms. The van der Waals surface area contributed by atoms with Gasteiger partial charge in [0.15, 0.2) is 10.1 Å². The summed E-state index contributed by atoms with van der Waals surface area (Å²) in [6.45, 7) is 4.68. The highest BCUT2D eigenvalue weighted by molar-refractivity contribution is 8.01. The molecule has 0 aliphatic rings. The molecule has 0 unspecified atom stereocenters. The van der Waals surface area contributed by atoms with E-state index >= 15 is 0 Å². The van der Waals surface area contributed by atoms with Crippen LogP contribution in [0.1, 0.15) is 40.3 Å². The van der Waals surface area contributed by atoms with Gasteiger partial charge in [-0.05, 0) is 20.8 Å². The van der Waals surface area contributed by atoms with E-state index in [9.17, 15) is 14.4 Å². The fourth-order valence-corrected chi connectivity index (χ4v) is 4.44. The van der Waals surface area contributed by atoms with Crippen LogP contribution in [-0.2, 0) is 9.53 Å². The number of hydrogen-bond acceptors (Lipinski definition) is 8. The molecule has 1 N–H and O–H groups in total. The smallest absolute Gasteiger partial charge is 0.344 e. The number of ketones is 1. The molecular formula is C21H20N2O5S2. The number of amides is 1. The lowest BCUT2D eigenvalue weighted by Gasteiger charge is -2.05. The molecule has 1 amide bonds. The first kappa shape index (κ1) is 21.8. The molecule has 0 bridgehead atoms. The molecule has 30 heavy (non-hydrogen) atoms. The van der Waals surface area contributed by atoms with E-state index in [-0.39, 0.29) is 46.8 Å². The number of Topliss-reactive ketones (excluding diaryl/α,β-unsaturated/α-hetero) is 1. The number of carbonyl (C=O) groups is 3. The van der Waals surface area contributed by atoms with Crippen molar-refractivity contribution in [3.63, 3.8) is 0 Å². The highest BCUT2D eigenvalue weighted by Crippen LogP contribution is 2.30. The summed E-state index contributed by atoms with van der Waals surface area (Å²) in [6.07, 6.45) is 0. The summed E-state index contributed by atoms with van der Waals surface area (Å²) < 4.78 is 11.2. The van der Waals surface area contributed by atoms with Crippen molar-refractivity contribution in [3.05, 3.63) is 52.6 Å². The number of ether oxygens (including phenoxy) is 1. The van der Waals surface area contributed by atoms with Gasteiger partial charge in [0.05, 0.1) is 23.6 Å². The Hall–Kier alpha value is -2.91. The molecule has 156 valence electrons. The molecule has 0 saturated heterocycles.